The van der Waals surface area contributed by atoms with Crippen LogP contribution in [0.5, 0.6) is 0 Å². The van der Waals surface area contributed by atoms with Gasteiger partial charge >= 0.3 is 0 Å². The van der Waals surface area contributed by atoms with Gasteiger partial charge in [0, 0.05) is 18.8 Å². The van der Waals surface area contributed by atoms with Crippen molar-refractivity contribution in [1.29, 1.82) is 0 Å². The Morgan fingerprint density at radius 2 is 2.07 bits per heavy atom. The average molecular weight is 193 g/mol. The smallest absolute Gasteiger partial charge is 0.0580 e. The topological polar surface area (TPSA) is 21.3 Å². The van der Waals surface area contributed by atoms with Crippen LogP contribution in [0, 0.1) is 17.8 Å². The van der Waals surface area contributed by atoms with Crippen LogP contribution >= 0.6 is 0 Å². The first-order valence-corrected chi connectivity index (χ1v) is 5.60. The Morgan fingerprint density at radius 3 is 2.64 bits per heavy atom. The monoisotopic (exact) mass is 193 g/mol. The summed E-state index contributed by atoms with van der Waals surface area (Å²) in [6.07, 6.45) is 5.13. The van der Waals surface area contributed by atoms with Gasteiger partial charge in [-0.1, -0.05) is 5.92 Å². The fourth-order valence-corrected chi connectivity index (χ4v) is 2.41. The molecule has 0 unspecified atom stereocenters. The van der Waals surface area contributed by atoms with Gasteiger partial charge in [-0.25, -0.2) is 0 Å². The van der Waals surface area contributed by atoms with Gasteiger partial charge in [-0.15, -0.1) is 5.92 Å². The molecular formula is C12H19NO. The minimum Gasteiger partial charge on any atom is -0.381 e. The molecule has 1 heterocycles. The summed E-state index contributed by atoms with van der Waals surface area (Å²) in [5.74, 6) is 6.93. The highest BCUT2D eigenvalue weighted by Gasteiger charge is 2.45. The number of hydrogen-bond acceptors (Lipinski definition) is 2. The lowest BCUT2D eigenvalue weighted by atomic mass is 9.85. The van der Waals surface area contributed by atoms with E-state index in [1.54, 1.807) is 0 Å². The van der Waals surface area contributed by atoms with E-state index >= 15 is 0 Å². The Morgan fingerprint density at radius 1 is 1.36 bits per heavy atom. The molecule has 1 aliphatic heterocycles. The third kappa shape index (κ3) is 2.10. The van der Waals surface area contributed by atoms with Crippen molar-refractivity contribution in [3.05, 3.63) is 0 Å². The molecule has 2 fully saturated rings. The molecule has 0 aromatic rings. The molecule has 2 nitrogen and oxygen atoms in total. The molecule has 2 aliphatic rings. The van der Waals surface area contributed by atoms with Crippen molar-refractivity contribution in [3.8, 4) is 11.8 Å². The first kappa shape index (κ1) is 10.0. The molecule has 0 spiro atoms. The van der Waals surface area contributed by atoms with Crippen LogP contribution in [-0.2, 0) is 4.74 Å². The van der Waals surface area contributed by atoms with Gasteiger partial charge in [-0.3, -0.25) is 0 Å². The Balaban J connectivity index is 1.93. The predicted octanol–water partition coefficient (Wildman–Crippen LogP) is 1.56. The first-order chi connectivity index (χ1) is 6.87. The van der Waals surface area contributed by atoms with Crippen LogP contribution < -0.4 is 5.32 Å². The van der Waals surface area contributed by atoms with E-state index < -0.39 is 0 Å². The third-order valence-corrected chi connectivity index (χ3v) is 3.45. The van der Waals surface area contributed by atoms with Crippen LogP contribution in [0.2, 0.25) is 0 Å². The molecule has 1 saturated carbocycles. The lowest BCUT2D eigenvalue weighted by molar-refractivity contribution is 0.0306. The zero-order valence-corrected chi connectivity index (χ0v) is 8.94. The zero-order valence-electron chi connectivity index (χ0n) is 8.94. The SMILES string of the molecule is CC#CCNC1(C2CC2)CCOCC1. The molecule has 0 amide bonds. The van der Waals surface area contributed by atoms with Crippen LogP contribution in [0.25, 0.3) is 0 Å². The highest BCUT2D eigenvalue weighted by Crippen LogP contribution is 2.44. The number of nitrogens with one attached hydrogen (secondary N) is 1. The van der Waals surface area contributed by atoms with E-state index in [1.165, 1.54) is 25.7 Å². The van der Waals surface area contributed by atoms with Crippen LogP contribution in [0.15, 0.2) is 0 Å². The van der Waals surface area contributed by atoms with Gasteiger partial charge in [0.1, 0.15) is 0 Å². The normalized spacial score (nSPS) is 25.2. The van der Waals surface area contributed by atoms with Crippen molar-refractivity contribution in [2.75, 3.05) is 19.8 Å². The summed E-state index contributed by atoms with van der Waals surface area (Å²) in [4.78, 5) is 0. The Hall–Kier alpha value is -0.520. The quantitative estimate of drug-likeness (QED) is 0.687. The van der Waals surface area contributed by atoms with E-state index in [0.29, 0.717) is 5.54 Å². The molecule has 0 aromatic carbocycles. The molecule has 0 radical (unpaired) electrons. The van der Waals surface area contributed by atoms with Gasteiger partial charge in [-0.05, 0) is 38.5 Å². The minimum absolute atomic E-state index is 0.363. The van der Waals surface area contributed by atoms with Gasteiger partial charge in [0.25, 0.3) is 0 Å². The highest BCUT2D eigenvalue weighted by molar-refractivity contribution is 5.06. The van der Waals surface area contributed by atoms with Crippen molar-refractivity contribution >= 4 is 0 Å². The molecule has 1 N–H and O–H groups in total. The Labute approximate surface area is 86.4 Å². The Kier molecular flexibility index (Phi) is 3.10. The summed E-state index contributed by atoms with van der Waals surface area (Å²) in [5, 5.41) is 3.64. The van der Waals surface area contributed by atoms with Gasteiger partial charge in [0.2, 0.25) is 0 Å². The van der Waals surface area contributed by atoms with Crippen LogP contribution in [-0.4, -0.2) is 25.3 Å². The molecule has 14 heavy (non-hydrogen) atoms. The molecule has 0 bridgehead atoms. The molecule has 1 aliphatic carbocycles. The van der Waals surface area contributed by atoms with E-state index in [2.05, 4.69) is 17.2 Å². The molecule has 2 heteroatoms. The maximum Gasteiger partial charge on any atom is 0.0580 e. The number of rotatable bonds is 3. The third-order valence-electron chi connectivity index (χ3n) is 3.45. The van der Waals surface area contributed by atoms with Crippen molar-refractivity contribution in [3.63, 3.8) is 0 Å². The van der Waals surface area contributed by atoms with E-state index in [9.17, 15) is 0 Å². The second-order valence-corrected chi connectivity index (χ2v) is 4.32. The van der Waals surface area contributed by atoms with Gasteiger partial charge in [0.15, 0.2) is 0 Å². The van der Waals surface area contributed by atoms with Crippen LogP contribution in [0.3, 0.4) is 0 Å². The molecular weight excluding hydrogens is 174 g/mol. The van der Waals surface area contributed by atoms with Gasteiger partial charge in [0.05, 0.1) is 6.54 Å². The van der Waals surface area contributed by atoms with Crippen LogP contribution in [0.4, 0.5) is 0 Å². The van der Waals surface area contributed by atoms with E-state index in [4.69, 9.17) is 4.74 Å². The van der Waals surface area contributed by atoms with Gasteiger partial charge < -0.3 is 10.1 Å². The lowest BCUT2D eigenvalue weighted by Crippen LogP contribution is -2.51. The molecule has 0 aromatic heterocycles. The standard InChI is InChI=1S/C12H19NO/c1-2-3-8-13-12(11-4-5-11)6-9-14-10-7-12/h11,13H,4-10H2,1H3. The fourth-order valence-electron chi connectivity index (χ4n) is 2.41. The van der Waals surface area contributed by atoms with Crippen molar-refractivity contribution in [2.45, 2.75) is 38.1 Å². The second-order valence-electron chi connectivity index (χ2n) is 4.32. The van der Waals surface area contributed by atoms with E-state index in [-0.39, 0.29) is 0 Å². The minimum atomic E-state index is 0.363. The lowest BCUT2D eigenvalue weighted by Gasteiger charge is -2.38. The summed E-state index contributed by atoms with van der Waals surface area (Å²) in [6, 6.07) is 0. The van der Waals surface area contributed by atoms with Crippen molar-refractivity contribution < 1.29 is 4.74 Å². The largest absolute Gasteiger partial charge is 0.381 e. The van der Waals surface area contributed by atoms with Crippen molar-refractivity contribution in [2.24, 2.45) is 5.92 Å². The fraction of sp³-hybridized carbons (Fsp3) is 0.833. The summed E-state index contributed by atoms with van der Waals surface area (Å²) in [6.45, 7) is 4.58. The molecule has 1 saturated heterocycles. The number of hydrogen-bond donors (Lipinski definition) is 1. The highest BCUT2D eigenvalue weighted by atomic mass is 16.5. The second kappa shape index (κ2) is 4.33. The van der Waals surface area contributed by atoms with Gasteiger partial charge in [-0.2, -0.15) is 0 Å². The summed E-state index contributed by atoms with van der Waals surface area (Å²) < 4.78 is 5.43. The average Bonchev–Trinajstić information content (AvgIpc) is 3.03. The number of ether oxygens (including phenoxy) is 1. The summed E-state index contributed by atoms with van der Waals surface area (Å²) in [5.41, 5.74) is 0.363. The van der Waals surface area contributed by atoms with E-state index in [0.717, 1.165) is 25.7 Å². The predicted molar refractivity (Wildman–Crippen MR) is 57.0 cm³/mol. The maximum absolute atomic E-state index is 5.43. The summed E-state index contributed by atoms with van der Waals surface area (Å²) >= 11 is 0. The summed E-state index contributed by atoms with van der Waals surface area (Å²) in [7, 11) is 0. The maximum atomic E-state index is 5.43. The first-order valence-electron chi connectivity index (χ1n) is 5.60. The molecule has 2 rings (SSSR count). The van der Waals surface area contributed by atoms with Crippen LogP contribution in [0.1, 0.15) is 32.6 Å². The van der Waals surface area contributed by atoms with Crippen molar-refractivity contribution in [1.82, 2.24) is 5.32 Å². The zero-order chi connectivity index (χ0) is 9.86. The van der Waals surface area contributed by atoms with E-state index in [1.807, 2.05) is 6.92 Å². The molecule has 0 atom stereocenters. The Bertz CT molecular complexity index is 241. The molecule has 78 valence electrons.